The Morgan fingerprint density at radius 1 is 1.47 bits per heavy atom. The van der Waals surface area contributed by atoms with Crippen LogP contribution < -0.4 is 0 Å². The van der Waals surface area contributed by atoms with Gasteiger partial charge in [0, 0.05) is 20.9 Å². The fraction of sp³-hybridized carbons (Fsp3) is 0.571. The SMILES string of the molecule is [B]C[C@@H]1CC(O)[C@H](C/C=C\CSCC(=O)O)[C@H]1/C=C/[C@@H](O)CSc1cc(Br)c(C)s1. The molecule has 1 aromatic heterocycles. The molecule has 1 fully saturated rings. The first-order chi connectivity index (χ1) is 14.3. The van der Waals surface area contributed by atoms with Gasteiger partial charge in [0.15, 0.2) is 0 Å². The van der Waals surface area contributed by atoms with Crippen LogP contribution in [0.5, 0.6) is 0 Å². The van der Waals surface area contributed by atoms with Crippen molar-refractivity contribution in [2.24, 2.45) is 17.8 Å². The number of aliphatic hydroxyl groups excluding tert-OH is 2. The normalized spacial score (nSPS) is 25.5. The lowest BCUT2D eigenvalue weighted by molar-refractivity contribution is -0.133. The molecule has 164 valence electrons. The third-order valence-electron chi connectivity index (χ3n) is 5.18. The molecule has 1 aliphatic carbocycles. The number of aliphatic hydroxyl groups is 2. The van der Waals surface area contributed by atoms with Crippen molar-refractivity contribution in [3.63, 3.8) is 0 Å². The second-order valence-electron chi connectivity index (χ2n) is 7.39. The maximum atomic E-state index is 10.5. The average Bonchev–Trinajstić information content (AvgIpc) is 3.19. The Balaban J connectivity index is 1.88. The lowest BCUT2D eigenvalue weighted by Crippen LogP contribution is -2.19. The highest BCUT2D eigenvalue weighted by Crippen LogP contribution is 2.42. The van der Waals surface area contributed by atoms with Crippen LogP contribution in [0.25, 0.3) is 0 Å². The molecule has 1 unspecified atom stereocenters. The molecule has 0 aromatic carbocycles. The first kappa shape index (κ1) is 26.1. The standard InChI is InChI=1S/C21H28BBrO4S3/c1-13-18(23)9-21(30-13)29-11-15(24)5-6-16-14(10-22)8-19(25)17(16)4-2-3-7-28-12-20(26)27/h2-3,5-6,9,14-17,19,24-25H,4,7-8,10-12H2,1H3,(H,26,27)/b3-2-,6-5+/t14-,15+,16-,17+,19?/m0/s1. The van der Waals surface area contributed by atoms with Crippen molar-refractivity contribution in [1.29, 1.82) is 0 Å². The Morgan fingerprint density at radius 2 is 2.23 bits per heavy atom. The lowest BCUT2D eigenvalue weighted by atomic mass is 9.80. The summed E-state index contributed by atoms with van der Waals surface area (Å²) in [7, 11) is 5.94. The molecule has 1 aliphatic rings. The summed E-state index contributed by atoms with van der Waals surface area (Å²) in [6, 6.07) is 2.08. The van der Waals surface area contributed by atoms with Crippen LogP contribution in [0, 0.1) is 24.7 Å². The van der Waals surface area contributed by atoms with E-state index in [0.29, 0.717) is 30.7 Å². The Bertz CT molecular complexity index is 720. The summed E-state index contributed by atoms with van der Waals surface area (Å²) < 4.78 is 2.27. The van der Waals surface area contributed by atoms with E-state index in [1.54, 1.807) is 23.1 Å². The minimum absolute atomic E-state index is 0.0614. The van der Waals surface area contributed by atoms with Gasteiger partial charge in [0.25, 0.3) is 0 Å². The fourth-order valence-electron chi connectivity index (χ4n) is 3.64. The number of allylic oxidation sites excluding steroid dienone is 2. The molecule has 0 amide bonds. The average molecular weight is 531 g/mol. The van der Waals surface area contributed by atoms with Crippen molar-refractivity contribution in [3.05, 3.63) is 39.7 Å². The molecule has 2 rings (SSSR count). The van der Waals surface area contributed by atoms with Crippen molar-refractivity contribution < 1.29 is 20.1 Å². The van der Waals surface area contributed by atoms with Gasteiger partial charge in [-0.15, -0.1) is 34.9 Å². The molecular weight excluding hydrogens is 503 g/mol. The van der Waals surface area contributed by atoms with Crippen LogP contribution >= 0.6 is 50.8 Å². The second-order valence-corrected chi connectivity index (χ2v) is 11.8. The molecule has 1 aromatic rings. The van der Waals surface area contributed by atoms with E-state index in [0.717, 1.165) is 4.47 Å². The number of carboxylic acid groups (broad SMARTS) is 1. The minimum atomic E-state index is -0.811. The molecule has 5 atom stereocenters. The highest BCUT2D eigenvalue weighted by Gasteiger charge is 2.39. The number of carboxylic acids is 1. The zero-order valence-corrected chi connectivity index (χ0v) is 21.0. The quantitative estimate of drug-likeness (QED) is 0.156. The summed E-state index contributed by atoms with van der Waals surface area (Å²) in [5.74, 6) is 0.891. The van der Waals surface area contributed by atoms with Crippen molar-refractivity contribution >= 4 is 64.6 Å². The van der Waals surface area contributed by atoms with Gasteiger partial charge in [0.2, 0.25) is 0 Å². The summed E-state index contributed by atoms with van der Waals surface area (Å²) in [6.45, 7) is 2.06. The number of carbonyl (C=O) groups is 1. The summed E-state index contributed by atoms with van der Waals surface area (Å²) >= 11 is 8.21. The molecule has 0 spiro atoms. The first-order valence-corrected chi connectivity index (χ1v) is 13.6. The van der Waals surface area contributed by atoms with Crippen LogP contribution in [-0.4, -0.2) is 58.6 Å². The molecule has 30 heavy (non-hydrogen) atoms. The minimum Gasteiger partial charge on any atom is -0.481 e. The number of aryl methyl sites for hydroxylation is 1. The van der Waals surface area contributed by atoms with Crippen LogP contribution in [0.4, 0.5) is 0 Å². The van der Waals surface area contributed by atoms with Crippen molar-refractivity contribution in [3.8, 4) is 0 Å². The maximum absolute atomic E-state index is 10.5. The number of rotatable bonds is 12. The van der Waals surface area contributed by atoms with Crippen LogP contribution in [-0.2, 0) is 4.79 Å². The fourth-order valence-corrected chi connectivity index (χ4v) is 7.07. The molecule has 1 saturated carbocycles. The molecule has 0 aliphatic heterocycles. The Hall–Kier alpha value is -0.185. The van der Waals surface area contributed by atoms with Gasteiger partial charge in [0.05, 0.1) is 30.0 Å². The predicted octanol–water partition coefficient (Wildman–Crippen LogP) is 4.79. The zero-order chi connectivity index (χ0) is 22.1. The molecular formula is C21H28BBrO4S3. The summed E-state index contributed by atoms with van der Waals surface area (Å²) in [4.78, 5) is 11.8. The maximum Gasteiger partial charge on any atom is 0.313 e. The molecule has 0 bridgehead atoms. The predicted molar refractivity (Wildman–Crippen MR) is 133 cm³/mol. The number of aliphatic carboxylic acids is 1. The smallest absolute Gasteiger partial charge is 0.313 e. The monoisotopic (exact) mass is 530 g/mol. The first-order valence-electron chi connectivity index (χ1n) is 9.89. The van der Waals surface area contributed by atoms with Gasteiger partial charge in [-0.05, 0) is 59.5 Å². The van der Waals surface area contributed by atoms with Crippen LogP contribution in [0.1, 0.15) is 17.7 Å². The van der Waals surface area contributed by atoms with E-state index in [9.17, 15) is 15.0 Å². The van der Waals surface area contributed by atoms with Gasteiger partial charge in [-0.1, -0.05) is 30.6 Å². The highest BCUT2D eigenvalue weighted by molar-refractivity contribution is 9.10. The van der Waals surface area contributed by atoms with Gasteiger partial charge in [-0.2, -0.15) is 0 Å². The number of thiophene rings is 1. The van der Waals surface area contributed by atoms with Crippen molar-refractivity contribution in [2.45, 2.75) is 42.5 Å². The van der Waals surface area contributed by atoms with Gasteiger partial charge in [-0.3, -0.25) is 4.79 Å². The summed E-state index contributed by atoms with van der Waals surface area (Å²) in [6.07, 6.45) is 8.78. The van der Waals surface area contributed by atoms with Crippen molar-refractivity contribution in [2.75, 3.05) is 17.3 Å². The van der Waals surface area contributed by atoms with Crippen LogP contribution in [0.15, 0.2) is 39.1 Å². The Morgan fingerprint density at radius 3 is 2.87 bits per heavy atom. The lowest BCUT2D eigenvalue weighted by Gasteiger charge is -2.21. The zero-order valence-electron chi connectivity index (χ0n) is 16.9. The molecule has 4 nitrogen and oxygen atoms in total. The largest absolute Gasteiger partial charge is 0.481 e. The molecule has 9 heteroatoms. The second kappa shape index (κ2) is 13.4. The van der Waals surface area contributed by atoms with Gasteiger partial charge < -0.3 is 15.3 Å². The van der Waals surface area contributed by atoms with Gasteiger partial charge in [0.1, 0.15) is 0 Å². The van der Waals surface area contributed by atoms with E-state index >= 15 is 0 Å². The Labute approximate surface area is 201 Å². The third kappa shape index (κ3) is 8.39. The van der Waals surface area contributed by atoms with E-state index in [4.69, 9.17) is 13.0 Å². The molecule has 2 radical (unpaired) electrons. The van der Waals surface area contributed by atoms with Crippen LogP contribution in [0.3, 0.4) is 0 Å². The molecule has 0 saturated heterocycles. The molecule has 3 N–H and O–H groups in total. The topological polar surface area (TPSA) is 77.8 Å². The van der Waals surface area contributed by atoms with E-state index in [-0.39, 0.29) is 23.5 Å². The third-order valence-corrected chi connectivity index (χ3v) is 9.51. The van der Waals surface area contributed by atoms with E-state index in [1.807, 2.05) is 24.3 Å². The number of hydrogen-bond acceptors (Lipinski definition) is 6. The van der Waals surface area contributed by atoms with Gasteiger partial charge in [-0.25, -0.2) is 0 Å². The van der Waals surface area contributed by atoms with E-state index in [1.165, 1.54) is 20.8 Å². The molecule has 1 heterocycles. The van der Waals surface area contributed by atoms with Crippen molar-refractivity contribution in [1.82, 2.24) is 0 Å². The van der Waals surface area contributed by atoms with E-state index < -0.39 is 18.2 Å². The summed E-state index contributed by atoms with van der Waals surface area (Å²) in [5.41, 5.74) is 0. The number of hydrogen-bond donors (Lipinski definition) is 3. The van der Waals surface area contributed by atoms with Crippen LogP contribution in [0.2, 0.25) is 6.32 Å². The van der Waals surface area contributed by atoms with E-state index in [2.05, 4.69) is 28.9 Å². The number of halogens is 1. The highest BCUT2D eigenvalue weighted by atomic mass is 79.9. The number of thioether (sulfide) groups is 2. The Kier molecular flexibility index (Phi) is 11.6. The van der Waals surface area contributed by atoms with Gasteiger partial charge >= 0.3 is 5.97 Å². The summed E-state index contributed by atoms with van der Waals surface area (Å²) in [5, 5.41) is 29.6.